The van der Waals surface area contributed by atoms with E-state index in [-0.39, 0.29) is 23.6 Å². The molecule has 1 saturated heterocycles. The summed E-state index contributed by atoms with van der Waals surface area (Å²) in [5.74, 6) is -1.14. The van der Waals surface area contributed by atoms with Gasteiger partial charge in [0.1, 0.15) is 24.1 Å². The third kappa shape index (κ3) is 1.75. The highest BCUT2D eigenvalue weighted by atomic mass is 19.1. The van der Waals surface area contributed by atoms with E-state index in [0.29, 0.717) is 0 Å². The Labute approximate surface area is 113 Å². The predicted octanol–water partition coefficient (Wildman–Crippen LogP) is 0.857. The molecule has 6 nitrogen and oxygen atoms in total. The van der Waals surface area contributed by atoms with E-state index < -0.39 is 30.1 Å². The molecule has 3 heterocycles. The first-order chi connectivity index (χ1) is 9.54. The lowest BCUT2D eigenvalue weighted by atomic mass is 9.99. The molecule has 3 rings (SSSR count). The number of nitrogen functional groups attached to an aromatic ring is 1. The lowest BCUT2D eigenvalue weighted by Gasteiger charge is -2.12. The topological polar surface area (TPSA) is 85.7 Å². The minimum Gasteiger partial charge on any atom is -0.394 e. The molecule has 0 amide bonds. The molecule has 3 N–H and O–H groups in total. The van der Waals surface area contributed by atoms with Crippen molar-refractivity contribution in [3.8, 4) is 0 Å². The molecule has 0 bridgehead atoms. The van der Waals surface area contributed by atoms with Crippen LogP contribution in [0.25, 0.3) is 5.52 Å². The van der Waals surface area contributed by atoms with Crippen molar-refractivity contribution in [1.29, 1.82) is 0 Å². The molecule has 2 aromatic heterocycles. The quantitative estimate of drug-likeness (QED) is 0.854. The third-order valence-electron chi connectivity index (χ3n) is 3.73. The summed E-state index contributed by atoms with van der Waals surface area (Å²) >= 11 is 0. The molecule has 20 heavy (non-hydrogen) atoms. The zero-order valence-corrected chi connectivity index (χ0v) is 10.7. The molecule has 8 heteroatoms. The first kappa shape index (κ1) is 13.2. The van der Waals surface area contributed by atoms with Gasteiger partial charge < -0.3 is 15.6 Å². The van der Waals surface area contributed by atoms with Gasteiger partial charge in [-0.1, -0.05) is 6.92 Å². The molecule has 108 valence electrons. The van der Waals surface area contributed by atoms with Crippen LogP contribution in [-0.2, 0) is 4.74 Å². The molecular weight excluding hydrogens is 270 g/mol. The maximum Gasteiger partial charge on any atom is 0.154 e. The van der Waals surface area contributed by atoms with Gasteiger partial charge in [-0.15, -0.1) is 0 Å². The van der Waals surface area contributed by atoms with Crippen molar-refractivity contribution in [2.24, 2.45) is 5.92 Å². The van der Waals surface area contributed by atoms with Crippen molar-refractivity contribution in [3.63, 3.8) is 0 Å². The number of aliphatic hydroxyl groups excluding tert-OH is 1. The first-order valence-electron chi connectivity index (χ1n) is 6.22. The number of nitrogens with two attached hydrogens (primary N) is 1. The molecule has 0 radical (unpaired) electrons. The summed E-state index contributed by atoms with van der Waals surface area (Å²) in [4.78, 5) is 3.70. The number of rotatable bonds is 2. The lowest BCUT2D eigenvalue weighted by Crippen LogP contribution is -2.21. The number of anilines is 1. The average molecular weight is 284 g/mol. The SMILES string of the molecule is C[C@H]1[C@@H](F)[C@H](c2cc(F)c3c(N)ncnn23)O[C@@H]1CO. The Morgan fingerprint density at radius 2 is 2.30 bits per heavy atom. The summed E-state index contributed by atoms with van der Waals surface area (Å²) in [6, 6.07) is 1.14. The van der Waals surface area contributed by atoms with Crippen LogP contribution in [0.1, 0.15) is 18.7 Å². The number of hydrogen-bond donors (Lipinski definition) is 2. The summed E-state index contributed by atoms with van der Waals surface area (Å²) < 4.78 is 34.9. The van der Waals surface area contributed by atoms with Crippen molar-refractivity contribution in [2.75, 3.05) is 12.3 Å². The third-order valence-corrected chi connectivity index (χ3v) is 3.73. The Morgan fingerprint density at radius 3 is 2.95 bits per heavy atom. The summed E-state index contributed by atoms with van der Waals surface area (Å²) in [5, 5.41) is 13.1. The van der Waals surface area contributed by atoms with Crippen LogP contribution >= 0.6 is 0 Å². The van der Waals surface area contributed by atoms with Gasteiger partial charge in [-0.2, -0.15) is 5.10 Å². The van der Waals surface area contributed by atoms with Crippen LogP contribution in [0, 0.1) is 11.7 Å². The second-order valence-corrected chi connectivity index (χ2v) is 4.90. The molecule has 1 aliphatic rings. The molecular formula is C12H14F2N4O2. The van der Waals surface area contributed by atoms with E-state index >= 15 is 0 Å². The van der Waals surface area contributed by atoms with E-state index in [1.165, 1.54) is 10.8 Å². The molecule has 1 fully saturated rings. The van der Waals surface area contributed by atoms with Crippen molar-refractivity contribution < 1.29 is 18.6 Å². The fourth-order valence-corrected chi connectivity index (χ4v) is 2.56. The van der Waals surface area contributed by atoms with Gasteiger partial charge in [-0.3, -0.25) is 0 Å². The molecule has 2 aromatic rings. The van der Waals surface area contributed by atoms with Gasteiger partial charge in [0, 0.05) is 12.0 Å². The van der Waals surface area contributed by atoms with E-state index in [1.807, 2.05) is 0 Å². The van der Waals surface area contributed by atoms with Gasteiger partial charge in [0.15, 0.2) is 11.6 Å². The minimum absolute atomic E-state index is 0.00148. The highest BCUT2D eigenvalue weighted by Crippen LogP contribution is 2.40. The normalized spacial score (nSPS) is 30.2. The van der Waals surface area contributed by atoms with Crippen LogP contribution in [0.3, 0.4) is 0 Å². The van der Waals surface area contributed by atoms with Crippen molar-refractivity contribution in [1.82, 2.24) is 14.6 Å². The molecule has 0 spiro atoms. The van der Waals surface area contributed by atoms with E-state index in [4.69, 9.17) is 15.6 Å². The molecule has 0 unspecified atom stereocenters. The number of ether oxygens (including phenoxy) is 1. The summed E-state index contributed by atoms with van der Waals surface area (Å²) in [7, 11) is 0. The zero-order chi connectivity index (χ0) is 14.4. The fourth-order valence-electron chi connectivity index (χ4n) is 2.56. The predicted molar refractivity (Wildman–Crippen MR) is 66.1 cm³/mol. The van der Waals surface area contributed by atoms with Crippen molar-refractivity contribution >= 4 is 11.3 Å². The molecule has 4 atom stereocenters. The van der Waals surface area contributed by atoms with Crippen molar-refractivity contribution in [3.05, 3.63) is 23.9 Å². The lowest BCUT2D eigenvalue weighted by molar-refractivity contribution is -0.00716. The molecule has 0 saturated carbocycles. The molecule has 0 aromatic carbocycles. The number of aromatic nitrogens is 3. The van der Waals surface area contributed by atoms with Crippen LogP contribution in [-0.4, -0.2) is 38.6 Å². The van der Waals surface area contributed by atoms with Crippen molar-refractivity contribution in [2.45, 2.75) is 25.3 Å². The van der Waals surface area contributed by atoms with Gasteiger partial charge >= 0.3 is 0 Å². The van der Waals surface area contributed by atoms with E-state index in [0.717, 1.165) is 6.07 Å². The van der Waals surface area contributed by atoms with E-state index in [9.17, 15) is 8.78 Å². The second-order valence-electron chi connectivity index (χ2n) is 4.90. The number of fused-ring (bicyclic) bond motifs is 1. The van der Waals surface area contributed by atoms with Gasteiger partial charge in [-0.25, -0.2) is 18.3 Å². The largest absolute Gasteiger partial charge is 0.394 e. The fraction of sp³-hybridized carbons (Fsp3) is 0.500. The Bertz CT molecular complexity index is 648. The van der Waals surface area contributed by atoms with Gasteiger partial charge in [0.25, 0.3) is 0 Å². The Morgan fingerprint density at radius 1 is 1.55 bits per heavy atom. The Kier molecular flexibility index (Phi) is 3.06. The number of nitrogens with zero attached hydrogens (tertiary/aromatic N) is 3. The Balaban J connectivity index is 2.10. The Hall–Kier alpha value is -1.80. The van der Waals surface area contributed by atoms with Gasteiger partial charge in [0.2, 0.25) is 0 Å². The van der Waals surface area contributed by atoms with E-state index in [2.05, 4.69) is 10.1 Å². The van der Waals surface area contributed by atoms with Crippen LogP contribution in [0.4, 0.5) is 14.6 Å². The maximum atomic E-state index is 14.3. The number of hydrogen-bond acceptors (Lipinski definition) is 5. The van der Waals surface area contributed by atoms with Gasteiger partial charge in [-0.05, 0) is 0 Å². The maximum absolute atomic E-state index is 14.3. The zero-order valence-electron chi connectivity index (χ0n) is 10.7. The monoisotopic (exact) mass is 284 g/mol. The van der Waals surface area contributed by atoms with Gasteiger partial charge in [0.05, 0.1) is 18.4 Å². The smallest absolute Gasteiger partial charge is 0.154 e. The van der Waals surface area contributed by atoms with Crippen LogP contribution in [0.15, 0.2) is 12.4 Å². The summed E-state index contributed by atoms with van der Waals surface area (Å²) in [6.45, 7) is 1.35. The number of halogens is 2. The summed E-state index contributed by atoms with van der Waals surface area (Å²) in [6.07, 6.45) is -1.81. The van der Waals surface area contributed by atoms with Crippen LogP contribution < -0.4 is 5.73 Å². The van der Waals surface area contributed by atoms with Crippen LogP contribution in [0.5, 0.6) is 0 Å². The second kappa shape index (κ2) is 4.64. The number of alkyl halides is 1. The van der Waals surface area contributed by atoms with E-state index in [1.54, 1.807) is 6.92 Å². The molecule has 0 aliphatic carbocycles. The average Bonchev–Trinajstić information content (AvgIpc) is 2.90. The molecule has 1 aliphatic heterocycles. The highest BCUT2D eigenvalue weighted by molar-refractivity contribution is 5.66. The van der Waals surface area contributed by atoms with Crippen LogP contribution in [0.2, 0.25) is 0 Å². The minimum atomic E-state index is -1.36. The summed E-state index contributed by atoms with van der Waals surface area (Å²) in [5.41, 5.74) is 5.82. The number of aliphatic hydroxyl groups is 1. The standard InChI is InChI=1S/C12H14F2N4O2/c1-5-8(3-19)20-11(9(5)14)7-2-6(13)10-12(15)16-4-17-18(7)10/h2,4-5,8-9,11,19H,3H2,1H3,(H2,15,16,17)/t5-,8-,9-,11+/m1/s1. The highest BCUT2D eigenvalue weighted by Gasteiger charge is 2.44. The first-order valence-corrected chi connectivity index (χ1v) is 6.22.